The number of phenols is 3. The highest BCUT2D eigenvalue weighted by Crippen LogP contribution is 2.14. The Hall–Kier alpha value is -4.57. The molecule has 0 aliphatic carbocycles. The fourth-order valence-electron chi connectivity index (χ4n) is 3.67. The second kappa shape index (κ2) is 12.4. The molecule has 3 rings (SSSR count). The Morgan fingerprint density at radius 2 is 0.946 bits per heavy atom. The second-order valence-electron chi connectivity index (χ2n) is 8.68. The smallest absolute Gasteiger partial charge is 0.326 e. The van der Waals surface area contributed by atoms with Crippen molar-refractivity contribution in [1.29, 1.82) is 0 Å². The highest BCUT2D eigenvalue weighted by molar-refractivity contribution is 5.92. The molecule has 3 aromatic carbocycles. The van der Waals surface area contributed by atoms with E-state index in [1.807, 2.05) is 0 Å². The fraction of sp³-hybridized carbons (Fsp3) is 0.222. The number of carbonyl (C=O) groups excluding carboxylic acids is 2. The Morgan fingerprint density at radius 1 is 0.595 bits per heavy atom. The van der Waals surface area contributed by atoms with Crippen molar-refractivity contribution in [2.45, 2.75) is 37.4 Å². The number of nitrogens with one attached hydrogen (secondary N) is 2. The van der Waals surface area contributed by atoms with E-state index in [0.29, 0.717) is 16.7 Å². The minimum atomic E-state index is -1.29. The maximum atomic E-state index is 13.2. The standard InChI is InChI=1S/C27H29N3O7/c28-22(13-16-1-7-19(31)8-2-16)25(34)29-23(14-17-3-9-20(32)10-4-17)26(35)30-24(27(36)37)15-18-5-11-21(33)12-6-18/h1-12,22-24,31-33H,13-15,28H2,(H,29,34)(H,30,35)(H,36,37)/t22-,23+,24-/m1/s1. The zero-order chi connectivity index (χ0) is 26.9. The fourth-order valence-corrected chi connectivity index (χ4v) is 3.67. The number of aliphatic carboxylic acids is 1. The largest absolute Gasteiger partial charge is 0.508 e. The number of nitrogens with two attached hydrogens (primary N) is 1. The first-order valence-electron chi connectivity index (χ1n) is 11.5. The van der Waals surface area contributed by atoms with Gasteiger partial charge in [0.1, 0.15) is 29.3 Å². The van der Waals surface area contributed by atoms with Crippen LogP contribution < -0.4 is 16.4 Å². The number of phenolic OH excluding ortho intramolecular Hbond substituents is 3. The van der Waals surface area contributed by atoms with Crippen LogP contribution in [-0.4, -0.2) is 56.3 Å². The van der Waals surface area contributed by atoms with E-state index in [4.69, 9.17) is 5.73 Å². The van der Waals surface area contributed by atoms with Gasteiger partial charge in [-0.25, -0.2) is 4.79 Å². The molecule has 0 aliphatic rings. The molecule has 10 nitrogen and oxygen atoms in total. The molecule has 0 aliphatic heterocycles. The highest BCUT2D eigenvalue weighted by atomic mass is 16.4. The molecule has 194 valence electrons. The van der Waals surface area contributed by atoms with Gasteiger partial charge in [0.2, 0.25) is 11.8 Å². The van der Waals surface area contributed by atoms with Crippen LogP contribution in [0.4, 0.5) is 0 Å². The van der Waals surface area contributed by atoms with Crippen LogP contribution in [0.15, 0.2) is 72.8 Å². The van der Waals surface area contributed by atoms with Crippen LogP contribution in [0.5, 0.6) is 17.2 Å². The van der Waals surface area contributed by atoms with Gasteiger partial charge in [0.05, 0.1) is 6.04 Å². The van der Waals surface area contributed by atoms with Crippen LogP contribution >= 0.6 is 0 Å². The lowest BCUT2D eigenvalue weighted by Crippen LogP contribution is -2.55. The Kier molecular flexibility index (Phi) is 9.06. The summed E-state index contributed by atoms with van der Waals surface area (Å²) >= 11 is 0. The predicted octanol–water partition coefficient (Wildman–Crippen LogP) is 1.21. The monoisotopic (exact) mass is 507 g/mol. The minimum Gasteiger partial charge on any atom is -0.508 e. The van der Waals surface area contributed by atoms with E-state index >= 15 is 0 Å². The lowest BCUT2D eigenvalue weighted by Gasteiger charge is -2.23. The van der Waals surface area contributed by atoms with Crippen molar-refractivity contribution in [3.8, 4) is 17.2 Å². The van der Waals surface area contributed by atoms with Crippen molar-refractivity contribution in [1.82, 2.24) is 10.6 Å². The first-order valence-corrected chi connectivity index (χ1v) is 11.5. The number of aromatic hydroxyl groups is 3. The molecule has 0 saturated heterocycles. The van der Waals surface area contributed by atoms with Crippen LogP contribution in [0, 0.1) is 0 Å². The number of carbonyl (C=O) groups is 3. The summed E-state index contributed by atoms with van der Waals surface area (Å²) in [5.74, 6) is -2.46. The van der Waals surface area contributed by atoms with Crippen molar-refractivity contribution in [2.24, 2.45) is 5.73 Å². The van der Waals surface area contributed by atoms with E-state index in [0.717, 1.165) is 0 Å². The van der Waals surface area contributed by atoms with Crippen LogP contribution in [0.25, 0.3) is 0 Å². The lowest BCUT2D eigenvalue weighted by molar-refractivity contribution is -0.142. The third-order valence-corrected chi connectivity index (χ3v) is 5.73. The summed E-state index contributed by atoms with van der Waals surface area (Å²) in [6, 6.07) is 14.7. The molecular weight excluding hydrogens is 478 g/mol. The third-order valence-electron chi connectivity index (χ3n) is 5.73. The number of rotatable bonds is 11. The molecule has 3 atom stereocenters. The molecule has 0 fully saturated rings. The summed E-state index contributed by atoms with van der Waals surface area (Å²) in [6.07, 6.45) is 0.134. The van der Waals surface area contributed by atoms with Crippen molar-refractivity contribution in [3.05, 3.63) is 89.5 Å². The summed E-state index contributed by atoms with van der Waals surface area (Å²) in [4.78, 5) is 37.9. The Labute approximate surface area is 213 Å². The van der Waals surface area contributed by atoms with E-state index in [2.05, 4.69) is 10.6 Å². The number of hydrogen-bond donors (Lipinski definition) is 7. The van der Waals surface area contributed by atoms with E-state index in [1.165, 1.54) is 36.4 Å². The molecule has 0 unspecified atom stereocenters. The average molecular weight is 508 g/mol. The maximum Gasteiger partial charge on any atom is 0.326 e. The number of amides is 2. The SMILES string of the molecule is N[C@H](Cc1ccc(O)cc1)C(=O)N[C@@H](Cc1ccc(O)cc1)C(=O)N[C@H](Cc1ccc(O)cc1)C(=O)O. The Morgan fingerprint density at radius 3 is 1.35 bits per heavy atom. The molecule has 0 aromatic heterocycles. The Bertz CT molecular complexity index is 1210. The van der Waals surface area contributed by atoms with Gasteiger partial charge in [0.25, 0.3) is 0 Å². The molecule has 37 heavy (non-hydrogen) atoms. The molecular formula is C27H29N3O7. The number of carboxylic acid groups (broad SMARTS) is 1. The predicted molar refractivity (Wildman–Crippen MR) is 135 cm³/mol. The number of hydrogen-bond acceptors (Lipinski definition) is 7. The van der Waals surface area contributed by atoms with Crippen LogP contribution in [0.3, 0.4) is 0 Å². The third kappa shape index (κ3) is 8.25. The van der Waals surface area contributed by atoms with E-state index < -0.39 is 35.9 Å². The molecule has 8 N–H and O–H groups in total. The Balaban J connectivity index is 1.74. The van der Waals surface area contributed by atoms with E-state index in [9.17, 15) is 34.8 Å². The van der Waals surface area contributed by atoms with Gasteiger partial charge in [-0.2, -0.15) is 0 Å². The van der Waals surface area contributed by atoms with Gasteiger partial charge >= 0.3 is 5.97 Å². The highest BCUT2D eigenvalue weighted by Gasteiger charge is 2.28. The van der Waals surface area contributed by atoms with Crippen molar-refractivity contribution < 1.29 is 34.8 Å². The summed E-state index contributed by atoms with van der Waals surface area (Å²) in [5, 5.41) is 43.2. The topological polar surface area (TPSA) is 182 Å². The van der Waals surface area contributed by atoms with Gasteiger partial charge in [-0.3, -0.25) is 9.59 Å². The lowest BCUT2D eigenvalue weighted by atomic mass is 10.0. The minimum absolute atomic E-state index is 0.0231. The van der Waals surface area contributed by atoms with Gasteiger partial charge in [-0.15, -0.1) is 0 Å². The van der Waals surface area contributed by atoms with Gasteiger partial charge in [0.15, 0.2) is 0 Å². The van der Waals surface area contributed by atoms with Crippen molar-refractivity contribution >= 4 is 17.8 Å². The normalized spacial score (nSPS) is 13.2. The van der Waals surface area contributed by atoms with E-state index in [-0.39, 0.29) is 36.5 Å². The van der Waals surface area contributed by atoms with Gasteiger partial charge in [-0.05, 0) is 59.5 Å². The van der Waals surface area contributed by atoms with E-state index in [1.54, 1.807) is 36.4 Å². The molecule has 0 radical (unpaired) electrons. The summed E-state index contributed by atoms with van der Waals surface area (Å²) in [6.45, 7) is 0. The summed E-state index contributed by atoms with van der Waals surface area (Å²) in [7, 11) is 0. The zero-order valence-corrected chi connectivity index (χ0v) is 19.9. The van der Waals surface area contributed by atoms with Crippen molar-refractivity contribution in [2.75, 3.05) is 0 Å². The van der Waals surface area contributed by atoms with Crippen LogP contribution in [0.2, 0.25) is 0 Å². The quantitative estimate of drug-likeness (QED) is 0.202. The van der Waals surface area contributed by atoms with Gasteiger partial charge < -0.3 is 36.8 Å². The average Bonchev–Trinajstić information content (AvgIpc) is 2.87. The summed E-state index contributed by atoms with van der Waals surface area (Å²) in [5.41, 5.74) is 7.97. The number of carboxylic acids is 1. The zero-order valence-electron chi connectivity index (χ0n) is 19.9. The molecule has 0 saturated carbocycles. The molecule has 0 spiro atoms. The maximum absolute atomic E-state index is 13.2. The first kappa shape index (κ1) is 27.0. The van der Waals surface area contributed by atoms with Crippen LogP contribution in [-0.2, 0) is 33.6 Å². The van der Waals surface area contributed by atoms with Crippen molar-refractivity contribution in [3.63, 3.8) is 0 Å². The van der Waals surface area contributed by atoms with Crippen LogP contribution in [0.1, 0.15) is 16.7 Å². The molecule has 2 amide bonds. The summed E-state index contributed by atoms with van der Waals surface area (Å²) < 4.78 is 0. The first-order chi connectivity index (χ1) is 17.6. The van der Waals surface area contributed by atoms with Gasteiger partial charge in [0, 0.05) is 12.8 Å². The molecule has 0 bridgehead atoms. The molecule has 10 heteroatoms. The molecule has 0 heterocycles. The van der Waals surface area contributed by atoms with Gasteiger partial charge in [-0.1, -0.05) is 36.4 Å². The molecule has 3 aromatic rings. The second-order valence-corrected chi connectivity index (χ2v) is 8.68. The number of benzene rings is 3.